The van der Waals surface area contributed by atoms with Gasteiger partial charge < -0.3 is 4.90 Å². The monoisotopic (exact) mass is 270 g/mol. The highest BCUT2D eigenvalue weighted by Crippen LogP contribution is 2.48. The van der Waals surface area contributed by atoms with Gasteiger partial charge in [-0.1, -0.05) is 37.1 Å². The van der Waals surface area contributed by atoms with Gasteiger partial charge in [-0.3, -0.25) is 10.1 Å². The highest BCUT2D eigenvalue weighted by atomic mass is 16.2. The lowest BCUT2D eigenvalue weighted by atomic mass is 10.0. The van der Waals surface area contributed by atoms with Crippen LogP contribution in [0.4, 0.5) is 0 Å². The molecule has 2 saturated carbocycles. The van der Waals surface area contributed by atoms with Gasteiger partial charge in [0.2, 0.25) is 5.91 Å². The maximum atomic E-state index is 12.8. The Morgan fingerprint density at radius 1 is 1.20 bits per heavy atom. The number of carbonyl (C=O) groups is 1. The van der Waals surface area contributed by atoms with Crippen molar-refractivity contribution in [3.05, 3.63) is 35.4 Å². The Labute approximate surface area is 120 Å². The Bertz CT molecular complexity index is 544. The molecule has 3 nitrogen and oxygen atoms in total. The molecule has 1 saturated heterocycles. The maximum Gasteiger partial charge on any atom is 0.244 e. The summed E-state index contributed by atoms with van der Waals surface area (Å²) >= 11 is 0. The lowest BCUT2D eigenvalue weighted by molar-refractivity contribution is -0.133. The van der Waals surface area contributed by atoms with Crippen molar-refractivity contribution in [2.75, 3.05) is 0 Å². The predicted molar refractivity (Wildman–Crippen MR) is 78.1 cm³/mol. The minimum absolute atomic E-state index is 0.0919. The van der Waals surface area contributed by atoms with Crippen molar-refractivity contribution in [3.8, 4) is 0 Å². The lowest BCUT2D eigenvalue weighted by Crippen LogP contribution is -2.39. The first-order valence-electron chi connectivity index (χ1n) is 7.87. The topological polar surface area (TPSA) is 32.3 Å². The first-order valence-corrected chi connectivity index (χ1v) is 7.87. The van der Waals surface area contributed by atoms with Crippen LogP contribution in [0.25, 0.3) is 0 Å². The summed E-state index contributed by atoms with van der Waals surface area (Å²) in [4.78, 5) is 15.0. The average Bonchev–Trinajstić information content (AvgIpc) is 2.91. The van der Waals surface area contributed by atoms with E-state index in [0.717, 1.165) is 12.8 Å². The third-order valence-electron chi connectivity index (χ3n) is 5.29. The standard InChI is InChI=1S/C17H22N2O/c1-12-6-2-5-9-14(12)15-18-17(10-11-17)16(20)19(15)13-7-3-4-8-13/h2,5-6,9,13,15,18H,3-4,7-8,10-11H2,1H3. The Morgan fingerprint density at radius 3 is 2.55 bits per heavy atom. The predicted octanol–water partition coefficient (Wildman–Crippen LogP) is 2.90. The number of hydrogen-bond donors (Lipinski definition) is 1. The van der Waals surface area contributed by atoms with Crippen molar-refractivity contribution in [2.45, 2.75) is 63.2 Å². The Morgan fingerprint density at radius 2 is 1.90 bits per heavy atom. The van der Waals surface area contributed by atoms with Crippen molar-refractivity contribution < 1.29 is 4.79 Å². The van der Waals surface area contributed by atoms with Crippen LogP contribution in [-0.2, 0) is 4.79 Å². The van der Waals surface area contributed by atoms with Crippen LogP contribution in [0.5, 0.6) is 0 Å². The summed E-state index contributed by atoms with van der Waals surface area (Å²) < 4.78 is 0. The Balaban J connectivity index is 1.73. The molecule has 1 spiro atoms. The first-order chi connectivity index (χ1) is 9.71. The van der Waals surface area contributed by atoms with E-state index < -0.39 is 0 Å². The zero-order valence-corrected chi connectivity index (χ0v) is 12.1. The van der Waals surface area contributed by atoms with Crippen LogP contribution in [-0.4, -0.2) is 22.4 Å². The molecule has 1 heterocycles. The van der Waals surface area contributed by atoms with Gasteiger partial charge in [0.05, 0.1) is 0 Å². The molecule has 1 N–H and O–H groups in total. The van der Waals surface area contributed by atoms with E-state index in [-0.39, 0.29) is 11.7 Å². The number of hydrogen-bond acceptors (Lipinski definition) is 2. The summed E-state index contributed by atoms with van der Waals surface area (Å²) in [5, 5.41) is 3.65. The van der Waals surface area contributed by atoms with E-state index in [0.29, 0.717) is 11.9 Å². The lowest BCUT2D eigenvalue weighted by Gasteiger charge is -2.31. The van der Waals surface area contributed by atoms with Gasteiger partial charge in [0.25, 0.3) is 0 Å². The third-order valence-corrected chi connectivity index (χ3v) is 5.29. The molecule has 1 aromatic rings. The van der Waals surface area contributed by atoms with E-state index in [4.69, 9.17) is 0 Å². The maximum absolute atomic E-state index is 12.8. The van der Waals surface area contributed by atoms with Crippen molar-refractivity contribution in [1.82, 2.24) is 10.2 Å². The average molecular weight is 270 g/mol. The molecule has 1 aliphatic heterocycles. The van der Waals surface area contributed by atoms with E-state index in [1.165, 1.54) is 36.8 Å². The SMILES string of the molecule is Cc1ccccc1C1NC2(CC2)C(=O)N1C1CCCC1. The van der Waals surface area contributed by atoms with Gasteiger partial charge in [-0.2, -0.15) is 0 Å². The van der Waals surface area contributed by atoms with Gasteiger partial charge in [0, 0.05) is 6.04 Å². The molecular weight excluding hydrogens is 248 g/mol. The molecule has 1 amide bonds. The van der Waals surface area contributed by atoms with Gasteiger partial charge in [-0.15, -0.1) is 0 Å². The largest absolute Gasteiger partial charge is 0.318 e. The number of amides is 1. The molecule has 3 heteroatoms. The smallest absolute Gasteiger partial charge is 0.244 e. The van der Waals surface area contributed by atoms with E-state index in [2.05, 4.69) is 41.4 Å². The van der Waals surface area contributed by atoms with E-state index in [1.54, 1.807) is 0 Å². The molecule has 1 atom stereocenters. The summed E-state index contributed by atoms with van der Waals surface area (Å²) in [5.74, 6) is 0.359. The van der Waals surface area contributed by atoms with E-state index in [1.807, 2.05) is 0 Å². The second kappa shape index (κ2) is 4.32. The third kappa shape index (κ3) is 1.72. The van der Waals surface area contributed by atoms with Crippen LogP contribution in [0.15, 0.2) is 24.3 Å². The van der Waals surface area contributed by atoms with Crippen molar-refractivity contribution in [3.63, 3.8) is 0 Å². The highest BCUT2D eigenvalue weighted by Gasteiger charge is 2.60. The molecule has 1 unspecified atom stereocenters. The van der Waals surface area contributed by atoms with E-state index >= 15 is 0 Å². The van der Waals surface area contributed by atoms with E-state index in [9.17, 15) is 4.79 Å². The number of carbonyl (C=O) groups excluding carboxylic acids is 1. The summed E-state index contributed by atoms with van der Waals surface area (Å²) in [5.41, 5.74) is 2.34. The molecular formula is C17H22N2O. The molecule has 3 aliphatic rings. The van der Waals surface area contributed by atoms with Crippen molar-refractivity contribution in [2.24, 2.45) is 0 Å². The second-order valence-electron chi connectivity index (χ2n) is 6.64. The molecule has 20 heavy (non-hydrogen) atoms. The highest BCUT2D eigenvalue weighted by molar-refractivity contribution is 5.92. The number of benzene rings is 1. The Kier molecular flexibility index (Phi) is 2.68. The minimum atomic E-state index is -0.213. The van der Waals surface area contributed by atoms with Crippen molar-refractivity contribution in [1.29, 1.82) is 0 Å². The van der Waals surface area contributed by atoms with Gasteiger partial charge in [0.15, 0.2) is 0 Å². The summed E-state index contributed by atoms with van der Waals surface area (Å²) in [6.07, 6.45) is 6.99. The molecule has 0 radical (unpaired) electrons. The zero-order chi connectivity index (χ0) is 13.7. The molecule has 106 valence electrons. The van der Waals surface area contributed by atoms with Crippen LogP contribution >= 0.6 is 0 Å². The normalized spacial score (nSPS) is 28.6. The molecule has 4 rings (SSSR count). The second-order valence-corrected chi connectivity index (χ2v) is 6.64. The van der Waals surface area contributed by atoms with Crippen LogP contribution in [0.1, 0.15) is 55.8 Å². The summed E-state index contributed by atoms with van der Waals surface area (Å²) in [7, 11) is 0. The fourth-order valence-electron chi connectivity index (χ4n) is 3.92. The van der Waals surface area contributed by atoms with Crippen LogP contribution in [0.2, 0.25) is 0 Å². The number of nitrogens with zero attached hydrogens (tertiary/aromatic N) is 1. The fourth-order valence-corrected chi connectivity index (χ4v) is 3.92. The molecule has 1 aromatic carbocycles. The first kappa shape index (κ1) is 12.4. The van der Waals surface area contributed by atoms with Crippen LogP contribution in [0.3, 0.4) is 0 Å². The zero-order valence-electron chi connectivity index (χ0n) is 12.1. The number of nitrogens with one attached hydrogen (secondary N) is 1. The fraction of sp³-hybridized carbons (Fsp3) is 0.588. The quantitative estimate of drug-likeness (QED) is 0.896. The number of rotatable bonds is 2. The van der Waals surface area contributed by atoms with Crippen LogP contribution < -0.4 is 5.32 Å². The van der Waals surface area contributed by atoms with Gasteiger partial charge in [-0.05, 0) is 43.7 Å². The Hall–Kier alpha value is -1.35. The van der Waals surface area contributed by atoms with Gasteiger partial charge in [0.1, 0.15) is 11.7 Å². The van der Waals surface area contributed by atoms with Crippen molar-refractivity contribution >= 4 is 5.91 Å². The molecule has 2 aliphatic carbocycles. The molecule has 3 fully saturated rings. The number of aryl methyl sites for hydroxylation is 1. The minimum Gasteiger partial charge on any atom is -0.318 e. The molecule has 0 aromatic heterocycles. The molecule has 0 bridgehead atoms. The van der Waals surface area contributed by atoms with Gasteiger partial charge >= 0.3 is 0 Å². The van der Waals surface area contributed by atoms with Gasteiger partial charge in [-0.25, -0.2) is 0 Å². The summed E-state index contributed by atoms with van der Waals surface area (Å²) in [6, 6.07) is 8.91. The summed E-state index contributed by atoms with van der Waals surface area (Å²) in [6.45, 7) is 2.15. The van der Waals surface area contributed by atoms with Crippen LogP contribution in [0, 0.1) is 6.92 Å².